The zero-order valence-electron chi connectivity index (χ0n) is 10.9. The third-order valence-electron chi connectivity index (χ3n) is 2.77. The average molecular weight is 310 g/mol. The number of carbonyl (C=O) groups is 2. The number of anilines is 1. The normalized spacial score (nSPS) is 10.3. The van der Waals surface area contributed by atoms with Gasteiger partial charge in [-0.05, 0) is 42.5 Å². The average Bonchev–Trinajstić information content (AvgIpc) is 2.78. The number of aromatic carboxylic acids is 1. The number of nitrogens with one attached hydrogen (secondary N) is 1. The van der Waals surface area contributed by atoms with Crippen LogP contribution in [0.15, 0.2) is 23.6 Å². The maximum Gasteiger partial charge on any atom is 0.337 e. The quantitative estimate of drug-likeness (QED) is 0.901. The van der Waals surface area contributed by atoms with Gasteiger partial charge in [0.15, 0.2) is 0 Å². The molecule has 20 heavy (non-hydrogen) atoms. The SMILES string of the molecule is Cc1cc(C)c(NC(=O)c2sccc2Cl)c(C(=O)O)c1. The lowest BCUT2D eigenvalue weighted by Crippen LogP contribution is -2.15. The molecule has 0 fully saturated rings. The van der Waals surface area contributed by atoms with E-state index in [1.807, 2.05) is 6.07 Å². The van der Waals surface area contributed by atoms with Crippen LogP contribution in [-0.4, -0.2) is 17.0 Å². The van der Waals surface area contributed by atoms with Crippen molar-refractivity contribution in [1.29, 1.82) is 0 Å². The minimum atomic E-state index is -1.08. The number of hydrogen-bond donors (Lipinski definition) is 2. The Balaban J connectivity index is 2.41. The van der Waals surface area contributed by atoms with Crippen LogP contribution < -0.4 is 5.32 Å². The molecular formula is C14H12ClNO3S. The van der Waals surface area contributed by atoms with Gasteiger partial charge in [0.1, 0.15) is 4.88 Å². The molecule has 4 nitrogen and oxygen atoms in total. The maximum absolute atomic E-state index is 12.1. The molecule has 6 heteroatoms. The van der Waals surface area contributed by atoms with Crippen molar-refractivity contribution in [2.45, 2.75) is 13.8 Å². The van der Waals surface area contributed by atoms with Crippen molar-refractivity contribution in [3.63, 3.8) is 0 Å². The van der Waals surface area contributed by atoms with Gasteiger partial charge in [-0.2, -0.15) is 0 Å². The molecule has 2 N–H and O–H groups in total. The van der Waals surface area contributed by atoms with E-state index < -0.39 is 11.9 Å². The predicted octanol–water partition coefficient (Wildman–Crippen LogP) is 3.97. The lowest BCUT2D eigenvalue weighted by molar-refractivity contribution is 0.0698. The van der Waals surface area contributed by atoms with E-state index in [1.165, 1.54) is 17.4 Å². The molecule has 0 radical (unpaired) electrons. The van der Waals surface area contributed by atoms with Gasteiger partial charge in [0.2, 0.25) is 0 Å². The molecule has 104 valence electrons. The fraction of sp³-hybridized carbons (Fsp3) is 0.143. The molecule has 0 unspecified atom stereocenters. The van der Waals surface area contributed by atoms with E-state index in [4.69, 9.17) is 11.6 Å². The van der Waals surface area contributed by atoms with Crippen LogP contribution >= 0.6 is 22.9 Å². The molecule has 0 saturated carbocycles. The summed E-state index contributed by atoms with van der Waals surface area (Å²) in [6, 6.07) is 4.97. The highest BCUT2D eigenvalue weighted by Crippen LogP contribution is 2.27. The molecule has 1 aromatic carbocycles. The summed E-state index contributed by atoms with van der Waals surface area (Å²) in [5.74, 6) is -1.48. The summed E-state index contributed by atoms with van der Waals surface area (Å²) >= 11 is 7.11. The van der Waals surface area contributed by atoms with Crippen molar-refractivity contribution in [3.8, 4) is 0 Å². The van der Waals surface area contributed by atoms with Gasteiger partial charge in [-0.1, -0.05) is 17.7 Å². The molecule has 0 atom stereocenters. The summed E-state index contributed by atoms with van der Waals surface area (Å²) in [5.41, 5.74) is 1.90. The molecule has 0 spiro atoms. The molecule has 0 saturated heterocycles. The molecular weight excluding hydrogens is 298 g/mol. The van der Waals surface area contributed by atoms with Gasteiger partial charge in [-0.15, -0.1) is 11.3 Å². The minimum absolute atomic E-state index is 0.0727. The second-order valence-electron chi connectivity index (χ2n) is 4.36. The Morgan fingerprint density at radius 3 is 2.55 bits per heavy atom. The number of halogens is 1. The van der Waals surface area contributed by atoms with Crippen molar-refractivity contribution < 1.29 is 14.7 Å². The second kappa shape index (κ2) is 5.64. The Bertz CT molecular complexity index is 694. The minimum Gasteiger partial charge on any atom is -0.478 e. The number of thiophene rings is 1. The molecule has 0 aliphatic carbocycles. The van der Waals surface area contributed by atoms with Crippen LogP contribution in [0, 0.1) is 13.8 Å². The summed E-state index contributed by atoms with van der Waals surface area (Å²) < 4.78 is 0. The number of hydrogen-bond acceptors (Lipinski definition) is 3. The number of carboxylic acids is 1. The molecule has 1 amide bonds. The first-order valence-electron chi connectivity index (χ1n) is 5.79. The fourth-order valence-corrected chi connectivity index (χ4v) is 2.96. The molecule has 2 rings (SSSR count). The Labute approximate surface area is 125 Å². The van der Waals surface area contributed by atoms with Crippen LogP contribution in [0.25, 0.3) is 0 Å². The lowest BCUT2D eigenvalue weighted by Gasteiger charge is -2.12. The predicted molar refractivity (Wildman–Crippen MR) is 80.2 cm³/mol. The van der Waals surface area contributed by atoms with E-state index >= 15 is 0 Å². The van der Waals surface area contributed by atoms with Gasteiger partial charge in [0.25, 0.3) is 5.91 Å². The van der Waals surface area contributed by atoms with Gasteiger partial charge in [0.05, 0.1) is 16.3 Å². The summed E-state index contributed by atoms with van der Waals surface area (Å²) in [6.07, 6.45) is 0. The van der Waals surface area contributed by atoms with Crippen molar-refractivity contribution in [3.05, 3.63) is 50.2 Å². The summed E-state index contributed by atoms with van der Waals surface area (Å²) in [7, 11) is 0. The van der Waals surface area contributed by atoms with Crippen LogP contribution in [-0.2, 0) is 0 Å². The van der Waals surface area contributed by atoms with Crippen LogP contribution in [0.4, 0.5) is 5.69 Å². The molecule has 0 aliphatic rings. The zero-order chi connectivity index (χ0) is 14.9. The van der Waals surface area contributed by atoms with Gasteiger partial charge < -0.3 is 10.4 Å². The number of carboxylic acid groups (broad SMARTS) is 1. The Hall–Kier alpha value is -1.85. The number of amides is 1. The van der Waals surface area contributed by atoms with Crippen molar-refractivity contribution in [2.24, 2.45) is 0 Å². The van der Waals surface area contributed by atoms with Crippen LogP contribution in [0.1, 0.15) is 31.2 Å². The number of carbonyl (C=O) groups excluding carboxylic acids is 1. The van der Waals surface area contributed by atoms with E-state index in [1.54, 1.807) is 25.3 Å². The standard InChI is InChI=1S/C14H12ClNO3S/c1-7-5-8(2)11(9(6-7)14(18)19)16-13(17)12-10(15)3-4-20-12/h3-6H,1-2H3,(H,16,17)(H,18,19). The first-order chi connectivity index (χ1) is 9.40. The summed E-state index contributed by atoms with van der Waals surface area (Å²) in [4.78, 5) is 23.8. The second-order valence-corrected chi connectivity index (χ2v) is 5.68. The molecule has 1 aromatic heterocycles. The number of aryl methyl sites for hydroxylation is 2. The molecule has 0 aliphatic heterocycles. The highest BCUT2D eigenvalue weighted by Gasteiger charge is 2.18. The van der Waals surface area contributed by atoms with Crippen molar-refractivity contribution >= 4 is 40.5 Å². The van der Waals surface area contributed by atoms with E-state index in [-0.39, 0.29) is 5.56 Å². The van der Waals surface area contributed by atoms with E-state index in [0.717, 1.165) is 5.56 Å². The highest BCUT2D eigenvalue weighted by atomic mass is 35.5. The van der Waals surface area contributed by atoms with Gasteiger partial charge in [0, 0.05) is 0 Å². The third-order valence-corrected chi connectivity index (χ3v) is 4.11. The topological polar surface area (TPSA) is 66.4 Å². The van der Waals surface area contributed by atoms with Crippen molar-refractivity contribution in [2.75, 3.05) is 5.32 Å². The number of benzene rings is 1. The molecule has 2 aromatic rings. The zero-order valence-corrected chi connectivity index (χ0v) is 12.4. The smallest absolute Gasteiger partial charge is 0.337 e. The lowest BCUT2D eigenvalue weighted by atomic mass is 10.0. The highest BCUT2D eigenvalue weighted by molar-refractivity contribution is 7.12. The molecule has 0 bridgehead atoms. The third kappa shape index (κ3) is 2.84. The first-order valence-corrected chi connectivity index (χ1v) is 7.04. The van der Waals surface area contributed by atoms with E-state index in [2.05, 4.69) is 5.32 Å². The van der Waals surface area contributed by atoms with Crippen molar-refractivity contribution in [1.82, 2.24) is 0 Å². The van der Waals surface area contributed by atoms with E-state index in [9.17, 15) is 14.7 Å². The monoisotopic (exact) mass is 309 g/mol. The van der Waals surface area contributed by atoms with Crippen LogP contribution in [0.5, 0.6) is 0 Å². The van der Waals surface area contributed by atoms with Crippen LogP contribution in [0.3, 0.4) is 0 Å². The summed E-state index contributed by atoms with van der Waals surface area (Å²) in [6.45, 7) is 3.56. The summed E-state index contributed by atoms with van der Waals surface area (Å²) in [5, 5.41) is 13.9. The van der Waals surface area contributed by atoms with Crippen LogP contribution in [0.2, 0.25) is 5.02 Å². The number of rotatable bonds is 3. The largest absolute Gasteiger partial charge is 0.478 e. The fourth-order valence-electron chi connectivity index (χ4n) is 1.93. The molecule has 1 heterocycles. The van der Waals surface area contributed by atoms with Gasteiger partial charge >= 0.3 is 5.97 Å². The van der Waals surface area contributed by atoms with Gasteiger partial charge in [-0.3, -0.25) is 4.79 Å². The van der Waals surface area contributed by atoms with Gasteiger partial charge in [-0.25, -0.2) is 4.79 Å². The Kier molecular flexibility index (Phi) is 4.11. The van der Waals surface area contributed by atoms with E-state index in [0.29, 0.717) is 21.2 Å². The maximum atomic E-state index is 12.1. The Morgan fingerprint density at radius 1 is 1.30 bits per heavy atom. The Morgan fingerprint density at radius 2 is 2.00 bits per heavy atom. The first kappa shape index (κ1) is 14.6.